The molecule has 2 rings (SSSR count). The highest BCUT2D eigenvalue weighted by molar-refractivity contribution is 7.18. The smallest absolute Gasteiger partial charge is 0.348 e. The highest BCUT2D eigenvalue weighted by atomic mass is 32.1. The molecule has 0 saturated heterocycles. The van der Waals surface area contributed by atoms with Gasteiger partial charge in [-0.1, -0.05) is 24.8 Å². The standard InChI is InChI=1S/C22H25NO6S/c1-5-12-29-22(26)19-14(4)18(21(25)28-7-3)20(30-19)23-17(24)13-15-8-10-16(11-9-15)27-6-2/h5,8-11H,1,6-7,12-13H2,2-4H3,(H,23,24). The number of anilines is 1. The first-order valence-electron chi connectivity index (χ1n) is 9.51. The number of hydrogen-bond donors (Lipinski definition) is 1. The Labute approximate surface area is 179 Å². The summed E-state index contributed by atoms with van der Waals surface area (Å²) < 4.78 is 15.6. The Balaban J connectivity index is 2.23. The molecule has 0 aliphatic heterocycles. The summed E-state index contributed by atoms with van der Waals surface area (Å²) in [5.74, 6) is -0.792. The number of esters is 2. The normalized spacial score (nSPS) is 10.2. The van der Waals surface area contributed by atoms with Crippen LogP contribution in [0.15, 0.2) is 36.9 Å². The van der Waals surface area contributed by atoms with Crippen LogP contribution in [0.1, 0.15) is 45.0 Å². The molecule has 0 aliphatic carbocycles. The Morgan fingerprint density at radius 2 is 1.77 bits per heavy atom. The molecule has 0 unspecified atom stereocenters. The molecule has 0 atom stereocenters. The molecule has 0 aliphatic rings. The van der Waals surface area contributed by atoms with Crippen LogP contribution in [0.2, 0.25) is 0 Å². The monoisotopic (exact) mass is 431 g/mol. The molecule has 1 aromatic heterocycles. The molecule has 2 aromatic rings. The van der Waals surface area contributed by atoms with E-state index in [1.807, 2.05) is 6.92 Å². The number of amides is 1. The quantitative estimate of drug-likeness (QED) is 0.449. The van der Waals surface area contributed by atoms with Gasteiger partial charge in [-0.25, -0.2) is 9.59 Å². The van der Waals surface area contributed by atoms with E-state index in [4.69, 9.17) is 14.2 Å². The third-order valence-corrected chi connectivity index (χ3v) is 5.18. The molecule has 0 saturated carbocycles. The molecule has 0 radical (unpaired) electrons. The SMILES string of the molecule is C=CCOC(=O)c1sc(NC(=O)Cc2ccc(OCC)cc2)c(C(=O)OCC)c1C. The van der Waals surface area contributed by atoms with Gasteiger partial charge in [-0.15, -0.1) is 11.3 Å². The van der Waals surface area contributed by atoms with Gasteiger partial charge < -0.3 is 19.5 Å². The summed E-state index contributed by atoms with van der Waals surface area (Å²) in [4.78, 5) is 37.5. The van der Waals surface area contributed by atoms with E-state index in [2.05, 4.69) is 11.9 Å². The van der Waals surface area contributed by atoms with Crippen LogP contribution in [-0.4, -0.2) is 37.7 Å². The van der Waals surface area contributed by atoms with Crippen LogP contribution in [0.25, 0.3) is 0 Å². The molecule has 0 spiro atoms. The molecule has 30 heavy (non-hydrogen) atoms. The molecule has 160 valence electrons. The lowest BCUT2D eigenvalue weighted by Crippen LogP contribution is -2.16. The second kappa shape index (κ2) is 11.2. The van der Waals surface area contributed by atoms with Crippen molar-refractivity contribution >= 4 is 34.2 Å². The first kappa shape index (κ1) is 23.2. The zero-order valence-corrected chi connectivity index (χ0v) is 18.1. The molecule has 0 bridgehead atoms. The van der Waals surface area contributed by atoms with Gasteiger partial charge in [-0.3, -0.25) is 4.79 Å². The maximum absolute atomic E-state index is 12.6. The minimum Gasteiger partial charge on any atom is -0.494 e. The molecule has 1 aromatic carbocycles. The van der Waals surface area contributed by atoms with Gasteiger partial charge in [0, 0.05) is 0 Å². The van der Waals surface area contributed by atoms with E-state index >= 15 is 0 Å². The van der Waals surface area contributed by atoms with Gasteiger partial charge in [0.05, 0.1) is 25.2 Å². The van der Waals surface area contributed by atoms with Crippen LogP contribution in [0.4, 0.5) is 5.00 Å². The number of hydrogen-bond acceptors (Lipinski definition) is 7. The Morgan fingerprint density at radius 1 is 1.07 bits per heavy atom. The molecule has 1 N–H and O–H groups in total. The van der Waals surface area contributed by atoms with Crippen molar-refractivity contribution in [2.45, 2.75) is 27.2 Å². The summed E-state index contributed by atoms with van der Waals surface area (Å²) in [5.41, 5.74) is 1.35. The molecule has 8 heteroatoms. The van der Waals surface area contributed by atoms with Crippen molar-refractivity contribution in [3.63, 3.8) is 0 Å². The number of benzene rings is 1. The Bertz CT molecular complexity index is 916. The second-order valence-electron chi connectivity index (χ2n) is 6.17. The molecule has 0 fully saturated rings. The Kier molecular flexibility index (Phi) is 8.61. The summed E-state index contributed by atoms with van der Waals surface area (Å²) in [5, 5.41) is 2.99. The fourth-order valence-electron chi connectivity index (χ4n) is 2.67. The van der Waals surface area contributed by atoms with E-state index in [0.29, 0.717) is 12.2 Å². The lowest BCUT2D eigenvalue weighted by Gasteiger charge is -2.08. The molecule has 1 heterocycles. The topological polar surface area (TPSA) is 90.9 Å². The predicted octanol–water partition coefficient (Wildman–Crippen LogP) is 4.16. The van der Waals surface area contributed by atoms with E-state index in [0.717, 1.165) is 22.6 Å². The molecule has 1 amide bonds. The van der Waals surface area contributed by atoms with Crippen molar-refractivity contribution in [2.24, 2.45) is 0 Å². The van der Waals surface area contributed by atoms with Gasteiger partial charge >= 0.3 is 11.9 Å². The van der Waals surface area contributed by atoms with Crippen molar-refractivity contribution in [1.82, 2.24) is 0 Å². The van der Waals surface area contributed by atoms with Gasteiger partial charge in [0.25, 0.3) is 0 Å². The van der Waals surface area contributed by atoms with Crippen LogP contribution in [0.3, 0.4) is 0 Å². The van der Waals surface area contributed by atoms with Crippen molar-refractivity contribution in [3.05, 3.63) is 58.5 Å². The van der Waals surface area contributed by atoms with E-state index in [1.165, 1.54) is 6.08 Å². The number of carbonyl (C=O) groups excluding carboxylic acids is 3. The third kappa shape index (κ3) is 5.93. The molecular formula is C22H25NO6S. The average molecular weight is 432 g/mol. The Morgan fingerprint density at radius 3 is 2.37 bits per heavy atom. The van der Waals surface area contributed by atoms with E-state index in [-0.39, 0.29) is 41.0 Å². The van der Waals surface area contributed by atoms with Crippen LogP contribution >= 0.6 is 11.3 Å². The highest BCUT2D eigenvalue weighted by Gasteiger charge is 2.27. The first-order chi connectivity index (χ1) is 14.4. The van der Waals surface area contributed by atoms with Gasteiger partial charge in [-0.05, 0) is 44.0 Å². The van der Waals surface area contributed by atoms with Crippen LogP contribution in [0.5, 0.6) is 5.75 Å². The summed E-state index contributed by atoms with van der Waals surface area (Å²) in [7, 11) is 0. The summed E-state index contributed by atoms with van der Waals surface area (Å²) in [6, 6.07) is 7.18. The number of ether oxygens (including phenoxy) is 3. The van der Waals surface area contributed by atoms with Crippen molar-refractivity contribution in [3.8, 4) is 5.75 Å². The second-order valence-corrected chi connectivity index (χ2v) is 7.19. The lowest BCUT2D eigenvalue weighted by atomic mass is 10.1. The van der Waals surface area contributed by atoms with Gasteiger partial charge in [-0.2, -0.15) is 0 Å². The summed E-state index contributed by atoms with van der Waals surface area (Å²) in [6.07, 6.45) is 1.55. The zero-order chi connectivity index (χ0) is 22.1. The van der Waals surface area contributed by atoms with Crippen LogP contribution < -0.4 is 10.1 Å². The van der Waals surface area contributed by atoms with Gasteiger partial charge in [0.2, 0.25) is 5.91 Å². The minimum atomic E-state index is -0.606. The number of thiophene rings is 1. The third-order valence-electron chi connectivity index (χ3n) is 4.00. The van der Waals surface area contributed by atoms with E-state index in [1.54, 1.807) is 38.1 Å². The predicted molar refractivity (Wildman–Crippen MR) is 115 cm³/mol. The van der Waals surface area contributed by atoms with E-state index < -0.39 is 11.9 Å². The summed E-state index contributed by atoms with van der Waals surface area (Å²) >= 11 is 0.985. The number of carbonyl (C=O) groups is 3. The number of rotatable bonds is 10. The van der Waals surface area contributed by atoms with E-state index in [9.17, 15) is 14.4 Å². The Hall–Kier alpha value is -3.13. The van der Waals surface area contributed by atoms with Gasteiger partial charge in [0.1, 0.15) is 22.2 Å². The maximum Gasteiger partial charge on any atom is 0.348 e. The van der Waals surface area contributed by atoms with Crippen LogP contribution in [0, 0.1) is 6.92 Å². The zero-order valence-electron chi connectivity index (χ0n) is 17.3. The highest BCUT2D eigenvalue weighted by Crippen LogP contribution is 2.34. The van der Waals surface area contributed by atoms with Crippen molar-refractivity contribution < 1.29 is 28.6 Å². The number of nitrogens with one attached hydrogen (secondary N) is 1. The lowest BCUT2D eigenvalue weighted by molar-refractivity contribution is -0.115. The fraction of sp³-hybridized carbons (Fsp3) is 0.318. The van der Waals surface area contributed by atoms with Gasteiger partial charge in [0.15, 0.2) is 0 Å². The largest absolute Gasteiger partial charge is 0.494 e. The summed E-state index contributed by atoms with van der Waals surface area (Å²) in [6.45, 7) is 9.48. The minimum absolute atomic E-state index is 0.0460. The van der Waals surface area contributed by atoms with Crippen molar-refractivity contribution in [2.75, 3.05) is 25.1 Å². The van der Waals surface area contributed by atoms with Crippen LogP contribution in [-0.2, 0) is 20.7 Å². The maximum atomic E-state index is 12.6. The molecule has 7 nitrogen and oxygen atoms in total. The fourth-order valence-corrected chi connectivity index (χ4v) is 3.78. The molecular weight excluding hydrogens is 406 g/mol. The van der Waals surface area contributed by atoms with Crippen molar-refractivity contribution in [1.29, 1.82) is 0 Å². The average Bonchev–Trinajstić information content (AvgIpc) is 3.03. The first-order valence-corrected chi connectivity index (χ1v) is 10.3.